The zero-order valence-corrected chi connectivity index (χ0v) is 17.5. The normalized spacial score (nSPS) is 21.9. The molecule has 0 saturated heterocycles. The number of hydrogen-bond acceptors (Lipinski definition) is 8. The Bertz CT molecular complexity index is 1150. The van der Waals surface area contributed by atoms with Gasteiger partial charge in [-0.25, -0.2) is 20.1 Å². The number of benzene rings is 1. The molecule has 0 aliphatic heterocycles. The first-order chi connectivity index (χ1) is 14.2. The Morgan fingerprint density at radius 3 is 2.70 bits per heavy atom. The Balaban J connectivity index is 1.62. The lowest BCUT2D eigenvalue weighted by Gasteiger charge is -2.25. The first-order valence-corrected chi connectivity index (χ1v) is 11.0. The van der Waals surface area contributed by atoms with Gasteiger partial charge in [0.05, 0.1) is 12.7 Å². The third-order valence-corrected chi connectivity index (χ3v) is 6.09. The largest absolute Gasteiger partial charge is 0.393 e. The highest BCUT2D eigenvalue weighted by Gasteiger charge is 2.37. The fourth-order valence-corrected chi connectivity index (χ4v) is 4.38. The number of aromatic nitrogens is 4. The quantitative estimate of drug-likeness (QED) is 0.584. The number of aliphatic hydroxyl groups is 1. The molecule has 0 radical (unpaired) electrons. The van der Waals surface area contributed by atoms with Crippen LogP contribution in [0.25, 0.3) is 22.6 Å². The van der Waals surface area contributed by atoms with E-state index >= 15 is 0 Å². The molecule has 3 N–H and O–H groups in total. The number of aliphatic hydroxyl groups excluding tert-OH is 1. The maximum atomic E-state index is 11.1. The second-order valence-electron chi connectivity index (χ2n) is 7.57. The second-order valence-corrected chi connectivity index (χ2v) is 8.79. The molecule has 0 amide bonds. The van der Waals surface area contributed by atoms with Crippen LogP contribution in [0, 0.1) is 5.92 Å². The van der Waals surface area contributed by atoms with E-state index in [2.05, 4.69) is 14.2 Å². The average molecular weight is 433 g/mol. The predicted octanol–water partition coefficient (Wildman–Crippen LogP) is 0.826. The Morgan fingerprint density at radius 2 is 2.00 bits per heavy atom. The Kier molecular flexibility index (Phi) is 5.45. The first-order valence-electron chi connectivity index (χ1n) is 9.55. The van der Waals surface area contributed by atoms with Gasteiger partial charge in [-0.3, -0.25) is 4.18 Å². The fraction of sp³-hybridized carbons (Fsp3) is 0.421. The Hall–Kier alpha value is -2.60. The molecular formula is C19H24N6O4S. The molecule has 30 heavy (non-hydrogen) atoms. The number of imidazole rings is 1. The van der Waals surface area contributed by atoms with Gasteiger partial charge in [-0.15, -0.1) is 0 Å². The number of anilines is 1. The monoisotopic (exact) mass is 432 g/mol. The lowest BCUT2D eigenvalue weighted by Crippen LogP contribution is -2.31. The minimum absolute atomic E-state index is 0.0608. The molecule has 10 nitrogen and oxygen atoms in total. The number of hydrogen-bond donors (Lipinski definition) is 2. The number of fused-ring (bicyclic) bond motifs is 1. The van der Waals surface area contributed by atoms with Crippen LogP contribution in [0.2, 0.25) is 0 Å². The van der Waals surface area contributed by atoms with Gasteiger partial charge in [-0.1, -0.05) is 30.3 Å². The summed E-state index contributed by atoms with van der Waals surface area (Å²) in [7, 11) is -0.241. The molecule has 4 rings (SSSR count). The van der Waals surface area contributed by atoms with Crippen LogP contribution in [0.5, 0.6) is 0 Å². The summed E-state index contributed by atoms with van der Waals surface area (Å²) in [5.41, 5.74) is 2.35. The van der Waals surface area contributed by atoms with Gasteiger partial charge in [0, 0.05) is 31.6 Å². The highest BCUT2D eigenvalue weighted by Crippen LogP contribution is 2.34. The molecular weight excluding hydrogens is 408 g/mol. The second kappa shape index (κ2) is 7.91. The van der Waals surface area contributed by atoms with Gasteiger partial charge < -0.3 is 14.6 Å². The van der Waals surface area contributed by atoms with E-state index in [1.165, 1.54) is 6.33 Å². The maximum absolute atomic E-state index is 11.1. The van der Waals surface area contributed by atoms with E-state index in [0.717, 1.165) is 11.4 Å². The van der Waals surface area contributed by atoms with Crippen molar-refractivity contribution in [1.82, 2.24) is 19.5 Å². The van der Waals surface area contributed by atoms with E-state index in [0.29, 0.717) is 29.8 Å². The molecule has 1 aliphatic rings. The van der Waals surface area contributed by atoms with Crippen molar-refractivity contribution in [2.45, 2.75) is 25.0 Å². The van der Waals surface area contributed by atoms with Gasteiger partial charge in [0.15, 0.2) is 17.0 Å². The number of nitrogens with two attached hydrogens (primary N) is 1. The van der Waals surface area contributed by atoms with E-state index < -0.39 is 16.4 Å². The molecule has 3 atom stereocenters. The molecule has 1 aromatic carbocycles. The van der Waals surface area contributed by atoms with Crippen LogP contribution >= 0.6 is 0 Å². The minimum Gasteiger partial charge on any atom is -0.393 e. The molecule has 1 fully saturated rings. The molecule has 0 unspecified atom stereocenters. The Morgan fingerprint density at radius 1 is 1.27 bits per heavy atom. The highest BCUT2D eigenvalue weighted by molar-refractivity contribution is 7.84. The van der Waals surface area contributed by atoms with Gasteiger partial charge >= 0.3 is 10.3 Å². The lowest BCUT2D eigenvalue weighted by atomic mass is 10.1. The van der Waals surface area contributed by atoms with Crippen molar-refractivity contribution in [3.05, 3.63) is 36.7 Å². The third-order valence-electron chi connectivity index (χ3n) is 5.63. The summed E-state index contributed by atoms with van der Waals surface area (Å²) in [5.74, 6) is 1.10. The summed E-state index contributed by atoms with van der Waals surface area (Å²) in [6, 6.07) is 9.78. The van der Waals surface area contributed by atoms with Crippen LogP contribution in [0.15, 0.2) is 36.7 Å². The zero-order chi connectivity index (χ0) is 21.5. The summed E-state index contributed by atoms with van der Waals surface area (Å²) in [6.07, 6.45) is 1.80. The lowest BCUT2D eigenvalue weighted by molar-refractivity contribution is 0.101. The van der Waals surface area contributed by atoms with Gasteiger partial charge in [-0.05, 0) is 12.8 Å². The summed E-state index contributed by atoms with van der Waals surface area (Å²) < 4.78 is 28.7. The van der Waals surface area contributed by atoms with Crippen LogP contribution in [0.4, 0.5) is 5.82 Å². The van der Waals surface area contributed by atoms with Crippen LogP contribution in [-0.4, -0.2) is 58.8 Å². The molecule has 0 spiro atoms. The van der Waals surface area contributed by atoms with E-state index in [1.807, 2.05) is 53.9 Å². The average Bonchev–Trinajstić information content (AvgIpc) is 3.26. The van der Waals surface area contributed by atoms with Crippen LogP contribution in [0.1, 0.15) is 12.8 Å². The fourth-order valence-electron chi connectivity index (χ4n) is 4.02. The molecule has 0 bridgehead atoms. The first kappa shape index (κ1) is 20.7. The maximum Gasteiger partial charge on any atom is 0.333 e. The Labute approximate surface area is 174 Å². The summed E-state index contributed by atoms with van der Waals surface area (Å²) in [5, 5.41) is 15.3. The van der Waals surface area contributed by atoms with Gasteiger partial charge in [0.25, 0.3) is 0 Å². The van der Waals surface area contributed by atoms with Crippen molar-refractivity contribution in [2.75, 3.05) is 18.6 Å². The van der Waals surface area contributed by atoms with E-state index in [-0.39, 0.29) is 18.6 Å². The van der Waals surface area contributed by atoms with Crippen molar-refractivity contribution >= 4 is 27.3 Å². The van der Waals surface area contributed by atoms with Gasteiger partial charge in [0.1, 0.15) is 12.2 Å². The van der Waals surface area contributed by atoms with E-state index in [4.69, 9.17) is 10.1 Å². The van der Waals surface area contributed by atoms with Crippen molar-refractivity contribution in [3.63, 3.8) is 0 Å². The van der Waals surface area contributed by atoms with E-state index in [9.17, 15) is 13.5 Å². The van der Waals surface area contributed by atoms with Crippen LogP contribution < -0.4 is 10.0 Å². The molecule has 3 aromatic rings. The SMILES string of the molecule is CN(c1ncnc2c1nc(-c1ccccc1)n2C)[C@@H]1C[C@@H](COS(N)(=O)=O)[C@@H](O)C1. The molecule has 11 heteroatoms. The van der Waals surface area contributed by atoms with Crippen LogP contribution in [0.3, 0.4) is 0 Å². The molecule has 160 valence electrons. The third kappa shape index (κ3) is 4.01. The molecule has 1 aliphatic carbocycles. The van der Waals surface area contributed by atoms with Crippen molar-refractivity contribution in [2.24, 2.45) is 18.1 Å². The predicted molar refractivity (Wildman–Crippen MR) is 112 cm³/mol. The smallest absolute Gasteiger partial charge is 0.333 e. The highest BCUT2D eigenvalue weighted by atomic mass is 32.2. The van der Waals surface area contributed by atoms with Gasteiger partial charge in [0.2, 0.25) is 0 Å². The van der Waals surface area contributed by atoms with Crippen molar-refractivity contribution in [3.8, 4) is 11.4 Å². The zero-order valence-electron chi connectivity index (χ0n) is 16.7. The molecule has 1 saturated carbocycles. The summed E-state index contributed by atoms with van der Waals surface area (Å²) in [6.45, 7) is -0.148. The van der Waals surface area contributed by atoms with Crippen molar-refractivity contribution in [1.29, 1.82) is 0 Å². The van der Waals surface area contributed by atoms with Crippen LogP contribution in [-0.2, 0) is 21.5 Å². The van der Waals surface area contributed by atoms with Crippen molar-refractivity contribution < 1.29 is 17.7 Å². The number of rotatable bonds is 6. The standard InChI is InChI=1S/C19H24N6O4S/c1-24(14-8-13(15(26)9-14)10-29-30(20,27)28)18-16-19(22-11-21-18)25(2)17(23-16)12-6-4-3-5-7-12/h3-7,11,13-15,26H,8-10H2,1-2H3,(H2,20,27,28)/t13-,14+,15-/m0/s1. The van der Waals surface area contributed by atoms with E-state index in [1.54, 1.807) is 0 Å². The summed E-state index contributed by atoms with van der Waals surface area (Å²) >= 11 is 0. The molecule has 2 aromatic heterocycles. The number of nitrogens with zero attached hydrogens (tertiary/aromatic N) is 5. The molecule has 2 heterocycles. The summed E-state index contributed by atoms with van der Waals surface area (Å²) in [4.78, 5) is 15.6. The topological polar surface area (TPSA) is 136 Å². The van der Waals surface area contributed by atoms with Gasteiger partial charge in [-0.2, -0.15) is 8.42 Å². The minimum atomic E-state index is -4.04. The number of aryl methyl sites for hydroxylation is 1.